The zero-order valence-electron chi connectivity index (χ0n) is 12.8. The molecule has 0 amide bonds. The monoisotopic (exact) mass is 303 g/mol. The van der Waals surface area contributed by atoms with Gasteiger partial charge < -0.3 is 5.11 Å². The maximum absolute atomic E-state index is 11.6. The number of nitrogens with zero attached hydrogens (tertiary/aromatic N) is 1. The maximum Gasteiger partial charge on any atom is 0.211 e. The van der Waals surface area contributed by atoms with Gasteiger partial charge in [0.25, 0.3) is 0 Å². The third-order valence-corrected chi connectivity index (χ3v) is 6.32. The Morgan fingerprint density at radius 1 is 1.25 bits per heavy atom. The van der Waals surface area contributed by atoms with Gasteiger partial charge in [-0.25, -0.2) is 12.7 Å². The van der Waals surface area contributed by atoms with Crippen molar-refractivity contribution in [3.63, 3.8) is 0 Å². The van der Waals surface area contributed by atoms with Crippen molar-refractivity contribution in [2.45, 2.75) is 58.0 Å². The van der Waals surface area contributed by atoms with E-state index in [1.165, 1.54) is 19.1 Å². The molecule has 0 aromatic heterocycles. The van der Waals surface area contributed by atoms with Crippen molar-refractivity contribution in [1.82, 2.24) is 4.31 Å². The highest BCUT2D eigenvalue weighted by Gasteiger charge is 2.31. The Morgan fingerprint density at radius 2 is 2.00 bits per heavy atom. The second kappa shape index (κ2) is 6.75. The molecule has 4 unspecified atom stereocenters. The van der Waals surface area contributed by atoms with Crippen LogP contribution in [0, 0.1) is 17.8 Å². The molecule has 4 atom stereocenters. The first kappa shape index (κ1) is 16.2. The molecule has 4 nitrogen and oxygen atoms in total. The highest BCUT2D eigenvalue weighted by Crippen LogP contribution is 2.34. The number of sulfonamides is 1. The minimum Gasteiger partial charge on any atom is -0.393 e. The van der Waals surface area contributed by atoms with Crippen LogP contribution in [0.1, 0.15) is 51.9 Å². The largest absolute Gasteiger partial charge is 0.393 e. The molecule has 1 heterocycles. The normalized spacial score (nSPS) is 34.9. The van der Waals surface area contributed by atoms with Crippen LogP contribution >= 0.6 is 0 Å². The lowest BCUT2D eigenvalue weighted by atomic mass is 9.77. The summed E-state index contributed by atoms with van der Waals surface area (Å²) < 4.78 is 24.8. The summed E-state index contributed by atoms with van der Waals surface area (Å²) in [5.41, 5.74) is 0. The van der Waals surface area contributed by atoms with E-state index >= 15 is 0 Å². The summed E-state index contributed by atoms with van der Waals surface area (Å²) in [6, 6.07) is 0. The highest BCUT2D eigenvalue weighted by atomic mass is 32.2. The Kier molecular flexibility index (Phi) is 5.49. The number of piperidine rings is 1. The van der Waals surface area contributed by atoms with Crippen molar-refractivity contribution in [3.05, 3.63) is 0 Å². The number of aliphatic hydroxyl groups is 1. The first-order valence-electron chi connectivity index (χ1n) is 7.99. The third-order valence-electron chi connectivity index (χ3n) is 5.05. The van der Waals surface area contributed by atoms with E-state index in [0.29, 0.717) is 24.9 Å². The van der Waals surface area contributed by atoms with Gasteiger partial charge in [-0.2, -0.15) is 0 Å². The predicted molar refractivity (Wildman–Crippen MR) is 80.9 cm³/mol. The SMILES string of the molecule is CC1CCCC(C(O)CC2CCCN(S(C)(=O)=O)C2)C1. The third kappa shape index (κ3) is 4.43. The summed E-state index contributed by atoms with van der Waals surface area (Å²) in [4.78, 5) is 0. The molecule has 118 valence electrons. The molecule has 1 aliphatic carbocycles. The summed E-state index contributed by atoms with van der Waals surface area (Å²) in [5.74, 6) is 1.47. The molecule has 1 saturated carbocycles. The topological polar surface area (TPSA) is 57.6 Å². The van der Waals surface area contributed by atoms with Gasteiger partial charge in [0.1, 0.15) is 0 Å². The molecule has 0 aromatic carbocycles. The molecule has 1 aliphatic heterocycles. The summed E-state index contributed by atoms with van der Waals surface area (Å²) in [6.45, 7) is 3.51. The zero-order valence-corrected chi connectivity index (χ0v) is 13.6. The Hall–Kier alpha value is -0.130. The van der Waals surface area contributed by atoms with Crippen LogP contribution in [0.15, 0.2) is 0 Å². The fourth-order valence-corrected chi connectivity index (χ4v) is 4.83. The smallest absolute Gasteiger partial charge is 0.211 e. The number of aliphatic hydroxyl groups excluding tert-OH is 1. The molecule has 0 bridgehead atoms. The summed E-state index contributed by atoms with van der Waals surface area (Å²) >= 11 is 0. The second-order valence-corrected chi connectivity index (χ2v) is 8.95. The van der Waals surface area contributed by atoms with Crippen LogP contribution in [0.2, 0.25) is 0 Å². The summed E-state index contributed by atoms with van der Waals surface area (Å²) in [7, 11) is -3.08. The molecule has 1 saturated heterocycles. The molecule has 2 aliphatic rings. The number of rotatable bonds is 4. The van der Waals surface area contributed by atoms with E-state index in [0.717, 1.165) is 38.0 Å². The van der Waals surface area contributed by atoms with Gasteiger partial charge in [0.2, 0.25) is 10.0 Å². The van der Waals surface area contributed by atoms with Crippen LogP contribution < -0.4 is 0 Å². The molecular formula is C15H29NO3S. The summed E-state index contributed by atoms with van der Waals surface area (Å²) in [6.07, 6.45) is 8.55. The van der Waals surface area contributed by atoms with E-state index in [1.807, 2.05) is 0 Å². The Labute approximate surface area is 123 Å². The van der Waals surface area contributed by atoms with Crippen LogP contribution in [0.3, 0.4) is 0 Å². The molecular weight excluding hydrogens is 274 g/mol. The van der Waals surface area contributed by atoms with Gasteiger partial charge in [-0.15, -0.1) is 0 Å². The quantitative estimate of drug-likeness (QED) is 0.866. The lowest BCUT2D eigenvalue weighted by molar-refractivity contribution is 0.0434. The van der Waals surface area contributed by atoms with Gasteiger partial charge in [0, 0.05) is 13.1 Å². The molecule has 20 heavy (non-hydrogen) atoms. The van der Waals surface area contributed by atoms with Gasteiger partial charge in [-0.05, 0) is 49.9 Å². The van der Waals surface area contributed by atoms with E-state index in [9.17, 15) is 13.5 Å². The van der Waals surface area contributed by atoms with Gasteiger partial charge >= 0.3 is 0 Å². The van der Waals surface area contributed by atoms with E-state index < -0.39 is 10.0 Å². The molecule has 0 aromatic rings. The Balaban J connectivity index is 1.86. The minimum atomic E-state index is -3.08. The predicted octanol–water partition coefficient (Wildman–Crippen LogP) is 2.24. The van der Waals surface area contributed by atoms with Gasteiger partial charge in [0.05, 0.1) is 12.4 Å². The molecule has 2 fully saturated rings. The average Bonchev–Trinajstić information content (AvgIpc) is 2.38. The fourth-order valence-electron chi connectivity index (χ4n) is 3.88. The fraction of sp³-hybridized carbons (Fsp3) is 1.00. The van der Waals surface area contributed by atoms with Crippen molar-refractivity contribution >= 4 is 10.0 Å². The first-order chi connectivity index (χ1) is 9.36. The molecule has 5 heteroatoms. The maximum atomic E-state index is 11.6. The number of hydrogen-bond donors (Lipinski definition) is 1. The van der Waals surface area contributed by atoms with Crippen molar-refractivity contribution in [3.8, 4) is 0 Å². The van der Waals surface area contributed by atoms with E-state index in [-0.39, 0.29) is 6.10 Å². The lowest BCUT2D eigenvalue weighted by Crippen LogP contribution is -2.41. The van der Waals surface area contributed by atoms with E-state index in [2.05, 4.69) is 6.92 Å². The lowest BCUT2D eigenvalue weighted by Gasteiger charge is -2.35. The van der Waals surface area contributed by atoms with Crippen LogP contribution in [-0.4, -0.2) is 43.3 Å². The van der Waals surface area contributed by atoms with Crippen LogP contribution in [0.4, 0.5) is 0 Å². The molecule has 0 spiro atoms. The number of hydrogen-bond acceptors (Lipinski definition) is 3. The van der Waals surface area contributed by atoms with Crippen LogP contribution in [-0.2, 0) is 10.0 Å². The molecule has 0 radical (unpaired) electrons. The molecule has 1 N–H and O–H groups in total. The zero-order chi connectivity index (χ0) is 14.8. The van der Waals surface area contributed by atoms with Gasteiger partial charge in [0.15, 0.2) is 0 Å². The first-order valence-corrected chi connectivity index (χ1v) is 9.84. The van der Waals surface area contributed by atoms with Crippen molar-refractivity contribution in [1.29, 1.82) is 0 Å². The molecule has 2 rings (SSSR count). The standard InChI is InChI=1S/C15H29NO3S/c1-12-5-3-7-14(9-12)15(17)10-13-6-4-8-16(11-13)20(2,18)19/h12-15,17H,3-11H2,1-2H3. The summed E-state index contributed by atoms with van der Waals surface area (Å²) in [5, 5.41) is 10.5. The van der Waals surface area contributed by atoms with Crippen molar-refractivity contribution in [2.24, 2.45) is 17.8 Å². The van der Waals surface area contributed by atoms with Crippen LogP contribution in [0.5, 0.6) is 0 Å². The van der Waals surface area contributed by atoms with E-state index in [4.69, 9.17) is 0 Å². The van der Waals surface area contributed by atoms with Gasteiger partial charge in [-0.3, -0.25) is 0 Å². The minimum absolute atomic E-state index is 0.248. The highest BCUT2D eigenvalue weighted by molar-refractivity contribution is 7.88. The Bertz CT molecular complexity index is 409. The van der Waals surface area contributed by atoms with Crippen molar-refractivity contribution in [2.75, 3.05) is 19.3 Å². The van der Waals surface area contributed by atoms with Crippen molar-refractivity contribution < 1.29 is 13.5 Å². The van der Waals surface area contributed by atoms with Crippen LogP contribution in [0.25, 0.3) is 0 Å². The van der Waals surface area contributed by atoms with E-state index in [1.54, 1.807) is 4.31 Å². The second-order valence-electron chi connectivity index (χ2n) is 6.96. The average molecular weight is 303 g/mol. The Morgan fingerprint density at radius 3 is 2.65 bits per heavy atom. The van der Waals surface area contributed by atoms with Gasteiger partial charge in [-0.1, -0.05) is 19.8 Å².